The van der Waals surface area contributed by atoms with E-state index in [1.165, 1.54) is 19.3 Å². The zero-order valence-corrected chi connectivity index (χ0v) is 11.7. The van der Waals surface area contributed by atoms with E-state index in [1.54, 1.807) is 0 Å². The third-order valence-electron chi connectivity index (χ3n) is 3.89. The molecule has 1 aliphatic rings. The Balaban J connectivity index is 2.44. The summed E-state index contributed by atoms with van der Waals surface area (Å²) in [6.07, 6.45) is 3.64. The van der Waals surface area contributed by atoms with Gasteiger partial charge in [-0.05, 0) is 37.5 Å². The van der Waals surface area contributed by atoms with E-state index in [0.29, 0.717) is 17.5 Å². The van der Waals surface area contributed by atoms with Crippen LogP contribution in [0.4, 0.5) is 0 Å². The van der Waals surface area contributed by atoms with E-state index in [9.17, 15) is 0 Å². The Morgan fingerprint density at radius 2 is 1.81 bits per heavy atom. The Labute approximate surface area is 101 Å². The predicted molar refractivity (Wildman–Crippen MR) is 69.7 cm³/mol. The van der Waals surface area contributed by atoms with Gasteiger partial charge in [-0.3, -0.25) is 0 Å². The van der Waals surface area contributed by atoms with Crippen molar-refractivity contribution in [2.24, 2.45) is 11.3 Å². The summed E-state index contributed by atoms with van der Waals surface area (Å²) in [6, 6.07) is 1.23. The van der Waals surface area contributed by atoms with Gasteiger partial charge in [-0.1, -0.05) is 27.7 Å². The number of nitrogens with one attached hydrogen (secondary N) is 1. The van der Waals surface area contributed by atoms with Crippen LogP contribution in [0.25, 0.3) is 0 Å². The van der Waals surface area contributed by atoms with Gasteiger partial charge in [0.15, 0.2) is 0 Å². The highest BCUT2D eigenvalue weighted by Crippen LogP contribution is 2.25. The zero-order valence-electron chi connectivity index (χ0n) is 11.7. The SMILES string of the molecule is CCC(NC(C)C1CCOCC1)C(C)(C)C. The standard InChI is InChI=1S/C14H29NO/c1-6-13(14(3,4)5)15-11(2)12-7-9-16-10-8-12/h11-13,15H,6-10H2,1-5H3. The van der Waals surface area contributed by atoms with Crippen LogP contribution in [0, 0.1) is 11.3 Å². The lowest BCUT2D eigenvalue weighted by Crippen LogP contribution is -2.48. The Morgan fingerprint density at radius 3 is 2.25 bits per heavy atom. The fourth-order valence-electron chi connectivity index (χ4n) is 2.65. The van der Waals surface area contributed by atoms with Gasteiger partial charge in [-0.15, -0.1) is 0 Å². The van der Waals surface area contributed by atoms with E-state index in [-0.39, 0.29) is 0 Å². The van der Waals surface area contributed by atoms with E-state index in [4.69, 9.17) is 4.74 Å². The zero-order chi connectivity index (χ0) is 12.2. The van der Waals surface area contributed by atoms with Gasteiger partial charge in [-0.25, -0.2) is 0 Å². The van der Waals surface area contributed by atoms with Gasteiger partial charge in [0, 0.05) is 25.3 Å². The molecule has 0 saturated carbocycles. The second-order valence-corrected chi connectivity index (χ2v) is 6.23. The molecule has 1 N–H and O–H groups in total. The normalized spacial score (nSPS) is 23.1. The molecule has 0 aromatic carbocycles. The maximum absolute atomic E-state index is 5.42. The predicted octanol–water partition coefficient (Wildman–Crippen LogP) is 3.22. The minimum absolute atomic E-state index is 0.355. The molecule has 0 bridgehead atoms. The van der Waals surface area contributed by atoms with Gasteiger partial charge < -0.3 is 10.1 Å². The summed E-state index contributed by atoms with van der Waals surface area (Å²) in [5.74, 6) is 0.796. The lowest BCUT2D eigenvalue weighted by molar-refractivity contribution is 0.0514. The smallest absolute Gasteiger partial charge is 0.0469 e. The highest BCUT2D eigenvalue weighted by Gasteiger charge is 2.27. The molecule has 0 amide bonds. The summed E-state index contributed by atoms with van der Waals surface area (Å²) >= 11 is 0. The third-order valence-corrected chi connectivity index (χ3v) is 3.89. The van der Waals surface area contributed by atoms with Crippen LogP contribution in [0.1, 0.15) is 53.9 Å². The van der Waals surface area contributed by atoms with Gasteiger partial charge in [0.1, 0.15) is 0 Å². The molecule has 1 saturated heterocycles. The molecule has 0 aromatic heterocycles. The molecule has 0 aliphatic carbocycles. The summed E-state index contributed by atoms with van der Waals surface area (Å²) in [6.45, 7) is 13.5. The van der Waals surface area contributed by atoms with Crippen molar-refractivity contribution in [2.45, 2.75) is 66.0 Å². The van der Waals surface area contributed by atoms with E-state index >= 15 is 0 Å². The minimum atomic E-state index is 0.355. The second-order valence-electron chi connectivity index (χ2n) is 6.23. The van der Waals surface area contributed by atoms with E-state index in [0.717, 1.165) is 19.1 Å². The van der Waals surface area contributed by atoms with Crippen LogP contribution in [0.2, 0.25) is 0 Å². The lowest BCUT2D eigenvalue weighted by atomic mass is 9.83. The molecule has 0 radical (unpaired) electrons. The van der Waals surface area contributed by atoms with Crippen molar-refractivity contribution in [3.8, 4) is 0 Å². The number of hydrogen-bond donors (Lipinski definition) is 1. The quantitative estimate of drug-likeness (QED) is 0.796. The van der Waals surface area contributed by atoms with Crippen molar-refractivity contribution in [3.05, 3.63) is 0 Å². The van der Waals surface area contributed by atoms with E-state index < -0.39 is 0 Å². The first kappa shape index (κ1) is 14.0. The topological polar surface area (TPSA) is 21.3 Å². The van der Waals surface area contributed by atoms with Gasteiger partial charge in [0.25, 0.3) is 0 Å². The monoisotopic (exact) mass is 227 g/mol. The van der Waals surface area contributed by atoms with Crippen molar-refractivity contribution >= 4 is 0 Å². The Kier molecular flexibility index (Phi) is 5.26. The van der Waals surface area contributed by atoms with Gasteiger partial charge >= 0.3 is 0 Å². The fraction of sp³-hybridized carbons (Fsp3) is 1.00. The first-order valence-corrected chi connectivity index (χ1v) is 6.79. The van der Waals surface area contributed by atoms with Gasteiger partial charge in [0.2, 0.25) is 0 Å². The molecular formula is C14H29NO. The molecule has 2 nitrogen and oxygen atoms in total. The maximum Gasteiger partial charge on any atom is 0.0469 e. The summed E-state index contributed by atoms with van der Waals surface area (Å²) in [4.78, 5) is 0. The molecular weight excluding hydrogens is 198 g/mol. The van der Waals surface area contributed by atoms with Crippen molar-refractivity contribution in [1.82, 2.24) is 5.32 Å². The van der Waals surface area contributed by atoms with Gasteiger partial charge in [0.05, 0.1) is 0 Å². The van der Waals surface area contributed by atoms with Crippen LogP contribution in [0.5, 0.6) is 0 Å². The average Bonchev–Trinajstić information content (AvgIpc) is 2.25. The third kappa shape index (κ3) is 4.06. The first-order valence-electron chi connectivity index (χ1n) is 6.79. The number of ether oxygens (including phenoxy) is 1. The highest BCUT2D eigenvalue weighted by atomic mass is 16.5. The molecule has 0 aromatic rings. The number of rotatable bonds is 4. The van der Waals surface area contributed by atoms with Crippen LogP contribution in [-0.2, 0) is 4.74 Å². The van der Waals surface area contributed by atoms with E-state index in [1.807, 2.05) is 0 Å². The summed E-state index contributed by atoms with van der Waals surface area (Å²) in [7, 11) is 0. The molecule has 2 unspecified atom stereocenters. The Hall–Kier alpha value is -0.0800. The molecule has 1 aliphatic heterocycles. The molecule has 96 valence electrons. The molecule has 2 heteroatoms. The molecule has 2 atom stereocenters. The summed E-state index contributed by atoms with van der Waals surface area (Å²) in [5, 5.41) is 3.82. The van der Waals surface area contributed by atoms with Crippen LogP contribution in [0.15, 0.2) is 0 Å². The van der Waals surface area contributed by atoms with Crippen LogP contribution >= 0.6 is 0 Å². The van der Waals surface area contributed by atoms with E-state index in [2.05, 4.69) is 39.9 Å². The van der Waals surface area contributed by atoms with Gasteiger partial charge in [-0.2, -0.15) is 0 Å². The number of hydrogen-bond acceptors (Lipinski definition) is 2. The fourth-order valence-corrected chi connectivity index (χ4v) is 2.65. The van der Waals surface area contributed by atoms with Crippen molar-refractivity contribution in [2.75, 3.05) is 13.2 Å². The Morgan fingerprint density at radius 1 is 1.25 bits per heavy atom. The maximum atomic E-state index is 5.42. The van der Waals surface area contributed by atoms with Crippen LogP contribution in [0.3, 0.4) is 0 Å². The van der Waals surface area contributed by atoms with Crippen LogP contribution < -0.4 is 5.32 Å². The molecule has 16 heavy (non-hydrogen) atoms. The largest absolute Gasteiger partial charge is 0.381 e. The summed E-state index contributed by atoms with van der Waals surface area (Å²) in [5.41, 5.74) is 0.355. The van der Waals surface area contributed by atoms with Crippen molar-refractivity contribution in [1.29, 1.82) is 0 Å². The molecule has 1 fully saturated rings. The first-order chi connectivity index (χ1) is 7.45. The average molecular weight is 227 g/mol. The highest BCUT2D eigenvalue weighted by molar-refractivity contribution is 4.84. The minimum Gasteiger partial charge on any atom is -0.381 e. The van der Waals surface area contributed by atoms with Crippen LogP contribution in [-0.4, -0.2) is 25.3 Å². The lowest BCUT2D eigenvalue weighted by Gasteiger charge is -2.37. The summed E-state index contributed by atoms with van der Waals surface area (Å²) < 4.78 is 5.42. The Bertz CT molecular complexity index is 191. The molecule has 0 spiro atoms. The van der Waals surface area contributed by atoms with Crippen molar-refractivity contribution < 1.29 is 4.74 Å². The van der Waals surface area contributed by atoms with Crippen molar-refractivity contribution in [3.63, 3.8) is 0 Å². The molecule has 1 rings (SSSR count). The second kappa shape index (κ2) is 6.02. The molecule has 1 heterocycles.